The third-order valence-corrected chi connectivity index (χ3v) is 6.00. The largest absolute Gasteiger partial charge is 0.486 e. The van der Waals surface area contributed by atoms with Crippen molar-refractivity contribution in [2.24, 2.45) is 17.3 Å². The summed E-state index contributed by atoms with van der Waals surface area (Å²) in [5.41, 5.74) is 1.36. The first-order valence-electron chi connectivity index (χ1n) is 9.50. The molecule has 26 heavy (non-hydrogen) atoms. The normalized spacial score (nSPS) is 23.9. The van der Waals surface area contributed by atoms with Crippen molar-refractivity contribution in [2.45, 2.75) is 39.2 Å². The first-order valence-corrected chi connectivity index (χ1v) is 9.50. The van der Waals surface area contributed by atoms with Crippen molar-refractivity contribution in [2.75, 3.05) is 26.3 Å². The Bertz CT molecular complexity index is 658. The number of hydrogen-bond acceptors (Lipinski definition) is 4. The maximum Gasteiger partial charge on any atom is 0.224 e. The molecule has 6 heteroatoms. The quantitative estimate of drug-likeness (QED) is 0.842. The smallest absolute Gasteiger partial charge is 0.224 e. The van der Waals surface area contributed by atoms with E-state index >= 15 is 0 Å². The molecule has 2 N–H and O–H groups in total. The van der Waals surface area contributed by atoms with Crippen molar-refractivity contribution in [1.82, 2.24) is 10.6 Å². The Morgan fingerprint density at radius 3 is 2.58 bits per heavy atom. The average molecular weight is 381 g/mol. The lowest BCUT2D eigenvalue weighted by atomic mass is 9.91. The van der Waals surface area contributed by atoms with Gasteiger partial charge in [-0.2, -0.15) is 0 Å². The van der Waals surface area contributed by atoms with Crippen LogP contribution in [-0.2, 0) is 4.79 Å². The fraction of sp³-hybridized carbons (Fsp3) is 0.650. The number of nitrogens with one attached hydrogen (secondary N) is 2. The minimum atomic E-state index is 0. The summed E-state index contributed by atoms with van der Waals surface area (Å²) in [4.78, 5) is 12.9. The molecule has 3 aliphatic rings. The molecule has 5 nitrogen and oxygen atoms in total. The second-order valence-corrected chi connectivity index (χ2v) is 8.00. The molecule has 1 aromatic rings. The average Bonchev–Trinajstić information content (AvgIpc) is 3.32. The molecule has 2 fully saturated rings. The summed E-state index contributed by atoms with van der Waals surface area (Å²) < 4.78 is 11.3. The first-order chi connectivity index (χ1) is 12.1. The van der Waals surface area contributed by atoms with E-state index in [0.29, 0.717) is 19.1 Å². The number of carbonyl (C=O) groups is 1. The lowest BCUT2D eigenvalue weighted by Gasteiger charge is -2.27. The van der Waals surface area contributed by atoms with E-state index in [1.54, 1.807) is 0 Å². The highest BCUT2D eigenvalue weighted by atomic mass is 35.5. The van der Waals surface area contributed by atoms with Crippen molar-refractivity contribution in [3.63, 3.8) is 0 Å². The van der Waals surface area contributed by atoms with Crippen LogP contribution in [0.5, 0.6) is 11.5 Å². The third-order valence-electron chi connectivity index (χ3n) is 6.00. The lowest BCUT2D eigenvalue weighted by Crippen LogP contribution is -2.36. The van der Waals surface area contributed by atoms with Gasteiger partial charge in [-0.3, -0.25) is 4.79 Å². The molecule has 1 aliphatic carbocycles. The van der Waals surface area contributed by atoms with Crippen LogP contribution in [-0.4, -0.2) is 32.2 Å². The molecule has 1 spiro atoms. The predicted octanol–water partition coefficient (Wildman–Crippen LogP) is 3.08. The lowest BCUT2D eigenvalue weighted by molar-refractivity contribution is -0.124. The molecule has 0 radical (unpaired) electrons. The summed E-state index contributed by atoms with van der Waals surface area (Å²) in [6.07, 6.45) is 3.30. The fourth-order valence-electron chi connectivity index (χ4n) is 4.34. The molecule has 2 aliphatic heterocycles. The van der Waals surface area contributed by atoms with Gasteiger partial charge < -0.3 is 20.1 Å². The van der Waals surface area contributed by atoms with Crippen LogP contribution in [0.1, 0.15) is 44.7 Å². The van der Waals surface area contributed by atoms with E-state index in [1.165, 1.54) is 0 Å². The maximum atomic E-state index is 12.9. The Hall–Kier alpha value is -1.46. The highest BCUT2D eigenvalue weighted by molar-refractivity contribution is 5.85. The second kappa shape index (κ2) is 7.65. The van der Waals surface area contributed by atoms with Crippen LogP contribution in [0.15, 0.2) is 18.2 Å². The van der Waals surface area contributed by atoms with Crippen molar-refractivity contribution in [3.05, 3.63) is 23.8 Å². The van der Waals surface area contributed by atoms with Crippen molar-refractivity contribution >= 4 is 18.3 Å². The number of carbonyl (C=O) groups excluding carboxylic acids is 1. The monoisotopic (exact) mass is 380 g/mol. The summed E-state index contributed by atoms with van der Waals surface area (Å²) in [7, 11) is 0. The minimum absolute atomic E-state index is 0. The molecule has 2 heterocycles. The van der Waals surface area contributed by atoms with Gasteiger partial charge in [0.05, 0.1) is 6.04 Å². The van der Waals surface area contributed by atoms with Crippen molar-refractivity contribution in [3.8, 4) is 11.5 Å². The summed E-state index contributed by atoms with van der Waals surface area (Å²) in [5.74, 6) is 2.29. The van der Waals surface area contributed by atoms with Gasteiger partial charge in [-0.25, -0.2) is 0 Å². The van der Waals surface area contributed by atoms with E-state index in [2.05, 4.69) is 24.5 Å². The summed E-state index contributed by atoms with van der Waals surface area (Å²) in [6, 6.07) is 6.03. The van der Waals surface area contributed by atoms with E-state index in [4.69, 9.17) is 9.47 Å². The van der Waals surface area contributed by atoms with Crippen LogP contribution in [0.3, 0.4) is 0 Å². The van der Waals surface area contributed by atoms with E-state index in [9.17, 15) is 4.79 Å². The number of ether oxygens (including phenoxy) is 2. The number of amides is 1. The van der Waals surface area contributed by atoms with Gasteiger partial charge >= 0.3 is 0 Å². The number of benzene rings is 1. The zero-order chi connectivity index (χ0) is 17.4. The number of piperidine rings is 1. The SMILES string of the molecule is CC(C)C(NC(=O)C1CC12CCNCC2)c1ccc2c(c1)OCCO2.Cl. The van der Waals surface area contributed by atoms with Gasteiger partial charge in [0.2, 0.25) is 5.91 Å². The Morgan fingerprint density at radius 2 is 1.88 bits per heavy atom. The molecule has 2 unspecified atom stereocenters. The summed E-state index contributed by atoms with van der Waals surface area (Å²) in [6.45, 7) is 7.55. The van der Waals surface area contributed by atoms with Gasteiger partial charge in [0, 0.05) is 5.92 Å². The van der Waals surface area contributed by atoms with Crippen LogP contribution in [0, 0.1) is 17.3 Å². The zero-order valence-corrected chi connectivity index (χ0v) is 16.4. The molecule has 0 aromatic heterocycles. The van der Waals surface area contributed by atoms with E-state index < -0.39 is 0 Å². The molecule has 1 saturated carbocycles. The Kier molecular flexibility index (Phi) is 5.68. The highest BCUT2D eigenvalue weighted by Crippen LogP contribution is 2.58. The first kappa shape index (κ1) is 19.3. The van der Waals surface area contributed by atoms with Gasteiger partial charge in [0.15, 0.2) is 11.5 Å². The second-order valence-electron chi connectivity index (χ2n) is 8.00. The Morgan fingerprint density at radius 1 is 1.19 bits per heavy atom. The van der Waals surface area contributed by atoms with E-state index in [1.807, 2.05) is 18.2 Å². The van der Waals surface area contributed by atoms with Crippen LogP contribution in [0.25, 0.3) is 0 Å². The zero-order valence-electron chi connectivity index (χ0n) is 15.5. The summed E-state index contributed by atoms with van der Waals surface area (Å²) in [5, 5.41) is 6.71. The standard InChI is InChI=1S/C20H28N2O3.ClH/c1-13(2)18(14-3-4-16-17(11-14)25-10-9-24-16)22-19(23)15-12-20(15)5-7-21-8-6-20;/h3-4,11,13,15,18,21H,5-10,12H2,1-2H3,(H,22,23);1H. The van der Waals surface area contributed by atoms with E-state index in [-0.39, 0.29) is 35.7 Å². The van der Waals surface area contributed by atoms with Gasteiger partial charge in [-0.05, 0) is 61.4 Å². The fourth-order valence-corrected chi connectivity index (χ4v) is 4.34. The Labute approximate surface area is 161 Å². The number of hydrogen-bond donors (Lipinski definition) is 2. The minimum Gasteiger partial charge on any atom is -0.486 e. The molecule has 1 aromatic carbocycles. The highest BCUT2D eigenvalue weighted by Gasteiger charge is 2.57. The van der Waals surface area contributed by atoms with Gasteiger partial charge in [-0.1, -0.05) is 19.9 Å². The number of rotatable bonds is 4. The number of fused-ring (bicyclic) bond motifs is 1. The van der Waals surface area contributed by atoms with Gasteiger partial charge in [-0.15, -0.1) is 12.4 Å². The molecule has 2 atom stereocenters. The molecule has 4 rings (SSSR count). The van der Waals surface area contributed by atoms with Crippen molar-refractivity contribution in [1.29, 1.82) is 0 Å². The van der Waals surface area contributed by atoms with Crippen LogP contribution < -0.4 is 20.1 Å². The third kappa shape index (κ3) is 3.65. The Balaban J connectivity index is 0.00000196. The van der Waals surface area contributed by atoms with Crippen LogP contribution >= 0.6 is 12.4 Å². The predicted molar refractivity (Wildman–Crippen MR) is 103 cm³/mol. The van der Waals surface area contributed by atoms with Crippen LogP contribution in [0.4, 0.5) is 0 Å². The van der Waals surface area contributed by atoms with E-state index in [0.717, 1.165) is 49.4 Å². The topological polar surface area (TPSA) is 59.6 Å². The number of halogens is 1. The molecule has 0 bridgehead atoms. The van der Waals surface area contributed by atoms with Crippen LogP contribution in [0.2, 0.25) is 0 Å². The summed E-state index contributed by atoms with van der Waals surface area (Å²) >= 11 is 0. The van der Waals surface area contributed by atoms with Gasteiger partial charge in [0.1, 0.15) is 13.2 Å². The molecule has 1 saturated heterocycles. The molecular formula is C20H29ClN2O3. The van der Waals surface area contributed by atoms with Gasteiger partial charge in [0.25, 0.3) is 0 Å². The molecule has 144 valence electrons. The van der Waals surface area contributed by atoms with Crippen molar-refractivity contribution < 1.29 is 14.3 Å². The molecular weight excluding hydrogens is 352 g/mol. The molecule has 1 amide bonds. The maximum absolute atomic E-state index is 12.9.